The molecule has 30 heavy (non-hydrogen) atoms. The Morgan fingerprint density at radius 3 is 2.10 bits per heavy atom. The Balaban J connectivity index is 2.20. The number of anilines is 2. The number of methoxy groups -OCH3 is 4. The summed E-state index contributed by atoms with van der Waals surface area (Å²) in [5.74, 6) is 0.572. The van der Waals surface area contributed by atoms with Crippen molar-refractivity contribution < 1.29 is 33.6 Å². The molecule has 2 aromatic carbocycles. The standard InChI is InChI=1S/C21H24N2O7/c1-27-14-10-18(29-3)15(19(11-14)30-4)6-8-20(24)23-13-5-7-17(28-2)16(9-13)22-12-21(25)26/h5-11,22H,12H2,1-4H3,(H,23,24)(H,25,26). The molecule has 0 heterocycles. The lowest BCUT2D eigenvalue weighted by atomic mass is 10.1. The molecule has 160 valence electrons. The Morgan fingerprint density at radius 1 is 0.933 bits per heavy atom. The van der Waals surface area contributed by atoms with Crippen LogP contribution in [0.15, 0.2) is 36.4 Å². The smallest absolute Gasteiger partial charge is 0.322 e. The molecule has 1 amide bonds. The highest BCUT2D eigenvalue weighted by atomic mass is 16.5. The van der Waals surface area contributed by atoms with Crippen molar-refractivity contribution in [3.8, 4) is 23.0 Å². The van der Waals surface area contributed by atoms with E-state index in [-0.39, 0.29) is 6.54 Å². The number of aliphatic carboxylic acids is 1. The number of ether oxygens (including phenoxy) is 4. The van der Waals surface area contributed by atoms with Crippen molar-refractivity contribution in [1.82, 2.24) is 0 Å². The molecule has 9 nitrogen and oxygen atoms in total. The molecule has 0 aliphatic heterocycles. The van der Waals surface area contributed by atoms with Crippen LogP contribution in [0.5, 0.6) is 23.0 Å². The van der Waals surface area contributed by atoms with Crippen LogP contribution in [0.4, 0.5) is 11.4 Å². The average Bonchev–Trinajstić information content (AvgIpc) is 2.75. The predicted molar refractivity (Wildman–Crippen MR) is 113 cm³/mol. The molecule has 0 atom stereocenters. The summed E-state index contributed by atoms with van der Waals surface area (Å²) in [6, 6.07) is 8.22. The highest BCUT2D eigenvalue weighted by Crippen LogP contribution is 2.35. The van der Waals surface area contributed by atoms with Crippen LogP contribution in [0.3, 0.4) is 0 Å². The number of amides is 1. The Morgan fingerprint density at radius 2 is 1.57 bits per heavy atom. The topological polar surface area (TPSA) is 115 Å². The predicted octanol–water partition coefficient (Wildman–Crippen LogP) is 2.87. The molecular weight excluding hydrogens is 392 g/mol. The van der Waals surface area contributed by atoms with Crippen LogP contribution in [0.2, 0.25) is 0 Å². The fraction of sp³-hybridized carbons (Fsp3) is 0.238. The van der Waals surface area contributed by atoms with Crippen molar-refractivity contribution in [3.05, 3.63) is 42.0 Å². The maximum Gasteiger partial charge on any atom is 0.322 e. The summed E-state index contributed by atoms with van der Waals surface area (Å²) in [5.41, 5.74) is 1.49. The first kappa shape index (κ1) is 22.4. The summed E-state index contributed by atoms with van der Waals surface area (Å²) in [6.45, 7) is -0.287. The van der Waals surface area contributed by atoms with E-state index in [2.05, 4.69) is 10.6 Å². The lowest BCUT2D eigenvalue weighted by Crippen LogP contribution is -2.13. The van der Waals surface area contributed by atoms with Gasteiger partial charge in [-0.2, -0.15) is 0 Å². The minimum Gasteiger partial charge on any atom is -0.496 e. The maximum absolute atomic E-state index is 12.4. The van der Waals surface area contributed by atoms with E-state index in [0.717, 1.165) is 0 Å². The quantitative estimate of drug-likeness (QED) is 0.507. The van der Waals surface area contributed by atoms with Crippen LogP contribution < -0.4 is 29.6 Å². The zero-order valence-corrected chi connectivity index (χ0v) is 17.1. The number of carbonyl (C=O) groups is 2. The molecule has 0 aromatic heterocycles. The molecule has 0 fully saturated rings. The summed E-state index contributed by atoms with van der Waals surface area (Å²) in [6.07, 6.45) is 2.90. The summed E-state index contributed by atoms with van der Waals surface area (Å²) < 4.78 is 21.1. The largest absolute Gasteiger partial charge is 0.496 e. The monoisotopic (exact) mass is 416 g/mol. The van der Waals surface area contributed by atoms with E-state index in [1.807, 2.05) is 0 Å². The third-order valence-corrected chi connectivity index (χ3v) is 4.05. The summed E-state index contributed by atoms with van der Waals surface area (Å²) in [7, 11) is 6.02. The lowest BCUT2D eigenvalue weighted by Gasteiger charge is -2.13. The number of hydrogen-bond acceptors (Lipinski definition) is 7. The number of carbonyl (C=O) groups excluding carboxylic acids is 1. The van der Waals surface area contributed by atoms with Crippen LogP contribution in [0, 0.1) is 0 Å². The van der Waals surface area contributed by atoms with Gasteiger partial charge in [-0.25, -0.2) is 0 Å². The van der Waals surface area contributed by atoms with Crippen molar-refractivity contribution in [2.75, 3.05) is 45.6 Å². The Labute approximate surface area is 174 Å². The summed E-state index contributed by atoms with van der Waals surface area (Å²) in [5, 5.41) is 14.3. The van der Waals surface area contributed by atoms with Crippen molar-refractivity contribution >= 4 is 29.3 Å². The second kappa shape index (κ2) is 10.6. The first-order valence-corrected chi connectivity index (χ1v) is 8.84. The number of carboxylic acid groups (broad SMARTS) is 1. The van der Waals surface area contributed by atoms with Gasteiger partial charge >= 0.3 is 5.97 Å². The van der Waals surface area contributed by atoms with Gasteiger partial charge in [0.05, 0.1) is 39.7 Å². The van der Waals surface area contributed by atoms with Gasteiger partial charge in [0.1, 0.15) is 29.5 Å². The van der Waals surface area contributed by atoms with Crippen molar-refractivity contribution in [2.24, 2.45) is 0 Å². The molecule has 0 radical (unpaired) electrons. The van der Waals surface area contributed by atoms with Crippen LogP contribution in [-0.2, 0) is 9.59 Å². The van der Waals surface area contributed by atoms with Gasteiger partial charge < -0.3 is 34.7 Å². The van der Waals surface area contributed by atoms with Gasteiger partial charge in [0, 0.05) is 23.9 Å². The molecule has 0 saturated carbocycles. The first-order valence-electron chi connectivity index (χ1n) is 8.84. The summed E-state index contributed by atoms with van der Waals surface area (Å²) in [4.78, 5) is 23.2. The molecular formula is C21H24N2O7. The van der Waals surface area contributed by atoms with E-state index in [1.54, 1.807) is 36.4 Å². The molecule has 2 rings (SSSR count). The third kappa shape index (κ3) is 5.81. The normalized spacial score (nSPS) is 10.4. The Hall–Kier alpha value is -3.88. The van der Waals surface area contributed by atoms with E-state index in [1.165, 1.54) is 34.5 Å². The third-order valence-electron chi connectivity index (χ3n) is 4.05. The van der Waals surface area contributed by atoms with E-state index in [9.17, 15) is 9.59 Å². The van der Waals surface area contributed by atoms with E-state index in [0.29, 0.717) is 39.9 Å². The number of rotatable bonds is 10. The molecule has 0 unspecified atom stereocenters. The summed E-state index contributed by atoms with van der Waals surface area (Å²) >= 11 is 0. The molecule has 9 heteroatoms. The van der Waals surface area contributed by atoms with Crippen LogP contribution in [-0.4, -0.2) is 52.0 Å². The molecule has 0 saturated heterocycles. The van der Waals surface area contributed by atoms with Crippen molar-refractivity contribution in [2.45, 2.75) is 0 Å². The number of nitrogens with one attached hydrogen (secondary N) is 2. The van der Waals surface area contributed by atoms with Gasteiger partial charge in [-0.15, -0.1) is 0 Å². The lowest BCUT2D eigenvalue weighted by molar-refractivity contribution is -0.134. The zero-order chi connectivity index (χ0) is 22.1. The van der Waals surface area contributed by atoms with E-state index in [4.69, 9.17) is 24.1 Å². The molecule has 2 aromatic rings. The van der Waals surface area contributed by atoms with Crippen LogP contribution >= 0.6 is 0 Å². The number of benzene rings is 2. The fourth-order valence-electron chi connectivity index (χ4n) is 2.63. The van der Waals surface area contributed by atoms with Gasteiger partial charge in [0.25, 0.3) is 0 Å². The highest BCUT2D eigenvalue weighted by Gasteiger charge is 2.12. The van der Waals surface area contributed by atoms with Gasteiger partial charge in [-0.3, -0.25) is 9.59 Å². The van der Waals surface area contributed by atoms with Gasteiger partial charge in [0.15, 0.2) is 0 Å². The first-order chi connectivity index (χ1) is 14.4. The SMILES string of the molecule is COc1cc(OC)c(C=CC(=O)Nc2ccc(OC)c(NCC(=O)O)c2)c(OC)c1. The van der Waals surface area contributed by atoms with E-state index >= 15 is 0 Å². The number of hydrogen-bond donors (Lipinski definition) is 3. The Kier molecular flexibility index (Phi) is 7.92. The average molecular weight is 416 g/mol. The molecule has 3 N–H and O–H groups in total. The minimum atomic E-state index is -1.02. The zero-order valence-electron chi connectivity index (χ0n) is 17.1. The highest BCUT2D eigenvalue weighted by molar-refractivity contribution is 6.02. The second-order valence-electron chi connectivity index (χ2n) is 5.93. The molecule has 0 aliphatic carbocycles. The van der Waals surface area contributed by atoms with Crippen molar-refractivity contribution in [3.63, 3.8) is 0 Å². The van der Waals surface area contributed by atoms with Crippen LogP contribution in [0.25, 0.3) is 6.08 Å². The van der Waals surface area contributed by atoms with Gasteiger partial charge in [-0.1, -0.05) is 0 Å². The van der Waals surface area contributed by atoms with Crippen LogP contribution in [0.1, 0.15) is 5.56 Å². The minimum absolute atomic E-state index is 0.287. The van der Waals surface area contributed by atoms with Gasteiger partial charge in [-0.05, 0) is 24.3 Å². The molecule has 0 aliphatic rings. The van der Waals surface area contributed by atoms with E-state index < -0.39 is 11.9 Å². The fourth-order valence-corrected chi connectivity index (χ4v) is 2.63. The second-order valence-corrected chi connectivity index (χ2v) is 5.93. The van der Waals surface area contributed by atoms with Gasteiger partial charge in [0.2, 0.25) is 5.91 Å². The molecule has 0 bridgehead atoms. The number of carboxylic acids is 1. The molecule has 0 spiro atoms. The Bertz CT molecular complexity index is 916. The maximum atomic E-state index is 12.4. The van der Waals surface area contributed by atoms with Crippen molar-refractivity contribution in [1.29, 1.82) is 0 Å².